The summed E-state index contributed by atoms with van der Waals surface area (Å²) in [5.41, 5.74) is 3.55. The first kappa shape index (κ1) is 29.4. The Hall–Kier alpha value is -3.18. The number of nitrogens with zero attached hydrogens (tertiary/aromatic N) is 2. The van der Waals surface area contributed by atoms with Crippen LogP contribution in [0.2, 0.25) is 0 Å². The van der Waals surface area contributed by atoms with E-state index in [-0.39, 0.29) is 29.4 Å². The van der Waals surface area contributed by atoms with Gasteiger partial charge < -0.3 is 30.5 Å². The monoisotopic (exact) mass is 538 g/mol. The third-order valence-corrected chi connectivity index (χ3v) is 6.52. The van der Waals surface area contributed by atoms with Crippen LogP contribution in [-0.2, 0) is 17.5 Å². The molecular formula is C27H35F3N3O5-. The Kier molecular flexibility index (Phi) is 8.42. The predicted octanol–water partition coefficient (Wildman–Crippen LogP) is 7.48. The van der Waals surface area contributed by atoms with Crippen LogP contribution in [0, 0.1) is 10.6 Å². The van der Waals surface area contributed by atoms with E-state index >= 15 is 0 Å². The van der Waals surface area contributed by atoms with E-state index in [1.54, 1.807) is 17.0 Å². The van der Waals surface area contributed by atoms with Crippen LogP contribution in [0.1, 0.15) is 71.4 Å². The lowest BCUT2D eigenvalue weighted by Gasteiger charge is -2.40. The molecule has 1 fully saturated rings. The average molecular weight is 539 g/mol. The summed E-state index contributed by atoms with van der Waals surface area (Å²) in [6.07, 6.45) is -1.62. The molecule has 0 saturated heterocycles. The summed E-state index contributed by atoms with van der Waals surface area (Å²) in [6, 6.07) is 7.58. The highest BCUT2D eigenvalue weighted by molar-refractivity contribution is 5.71. The third-order valence-electron chi connectivity index (χ3n) is 6.52. The highest BCUT2D eigenvalue weighted by atomic mass is 19.4. The Labute approximate surface area is 220 Å². The zero-order valence-corrected chi connectivity index (χ0v) is 22.3. The molecule has 38 heavy (non-hydrogen) atoms. The molecule has 0 spiro atoms. The second-order valence-electron chi connectivity index (χ2n) is 11.4. The molecule has 0 unspecified atom stereocenters. The number of hydrogen-bond donors (Lipinski definition) is 2. The number of alkyl halides is 3. The highest BCUT2D eigenvalue weighted by Gasteiger charge is 2.36. The Morgan fingerprint density at radius 2 is 1.71 bits per heavy atom. The molecule has 1 amide bonds. The van der Waals surface area contributed by atoms with Crippen molar-refractivity contribution in [2.75, 3.05) is 11.0 Å². The molecular weight excluding hydrogens is 503 g/mol. The fourth-order valence-corrected chi connectivity index (χ4v) is 4.40. The van der Waals surface area contributed by atoms with Crippen molar-refractivity contribution < 1.29 is 32.6 Å². The number of halogens is 3. The van der Waals surface area contributed by atoms with Gasteiger partial charge in [-0.25, -0.2) is 4.79 Å². The summed E-state index contributed by atoms with van der Waals surface area (Å²) < 4.78 is 51.9. The smallest absolute Gasteiger partial charge is 0.420 e. The summed E-state index contributed by atoms with van der Waals surface area (Å²) in [4.78, 5) is 14.8. The van der Waals surface area contributed by atoms with Gasteiger partial charge in [-0.1, -0.05) is 26.0 Å². The Morgan fingerprint density at radius 3 is 2.21 bits per heavy atom. The highest BCUT2D eigenvalue weighted by Crippen LogP contribution is 2.43. The summed E-state index contributed by atoms with van der Waals surface area (Å²) >= 11 is 0. The van der Waals surface area contributed by atoms with Crippen molar-refractivity contribution >= 4 is 17.5 Å². The van der Waals surface area contributed by atoms with Gasteiger partial charge in [0.05, 0.1) is 11.4 Å². The first-order valence-corrected chi connectivity index (χ1v) is 12.4. The molecule has 0 radical (unpaired) electrons. The molecule has 2 aromatic carbocycles. The minimum atomic E-state index is -4.86. The molecule has 3 N–H and O–H groups in total. The van der Waals surface area contributed by atoms with E-state index in [9.17, 15) is 23.2 Å². The summed E-state index contributed by atoms with van der Waals surface area (Å²) in [6.45, 7) is 10.1. The topological polar surface area (TPSA) is 111 Å². The number of anilines is 2. The van der Waals surface area contributed by atoms with Gasteiger partial charge in [0, 0.05) is 18.7 Å². The molecule has 1 aliphatic rings. The molecule has 2 aromatic rings. The minimum Gasteiger partial charge on any atom is -0.733 e. The van der Waals surface area contributed by atoms with Crippen LogP contribution in [0.25, 0.3) is 0 Å². The maximum absolute atomic E-state index is 13.6. The summed E-state index contributed by atoms with van der Waals surface area (Å²) in [5.74, 6) is -0.522. The SMILES string of the molecule is CC1(C)CCC(N(Cc2ccc(Oc3cc(N)c(N([O-])O)cc3C(F)(F)F)cc2)C(=O)OC(C)(C)C)CC1. The Balaban J connectivity index is 1.82. The van der Waals surface area contributed by atoms with E-state index in [2.05, 4.69) is 13.8 Å². The van der Waals surface area contributed by atoms with Gasteiger partial charge in [0.15, 0.2) is 0 Å². The van der Waals surface area contributed by atoms with Gasteiger partial charge in [0.2, 0.25) is 0 Å². The van der Waals surface area contributed by atoms with Crippen LogP contribution in [0.4, 0.5) is 29.3 Å². The lowest BCUT2D eigenvalue weighted by atomic mass is 9.75. The van der Waals surface area contributed by atoms with E-state index in [0.29, 0.717) is 6.07 Å². The number of hydrogen-bond acceptors (Lipinski definition) is 7. The van der Waals surface area contributed by atoms with Crippen molar-refractivity contribution in [3.05, 3.63) is 52.7 Å². The van der Waals surface area contributed by atoms with Gasteiger partial charge >= 0.3 is 12.3 Å². The lowest BCUT2D eigenvalue weighted by molar-refractivity contribution is -0.138. The molecule has 1 aliphatic carbocycles. The van der Waals surface area contributed by atoms with E-state index < -0.39 is 40.1 Å². The van der Waals surface area contributed by atoms with Crippen molar-refractivity contribution in [3.63, 3.8) is 0 Å². The molecule has 3 rings (SSSR count). The molecule has 8 nitrogen and oxygen atoms in total. The molecule has 210 valence electrons. The molecule has 1 saturated carbocycles. The molecule has 0 aromatic heterocycles. The number of benzene rings is 2. The first-order valence-electron chi connectivity index (χ1n) is 12.4. The fourth-order valence-electron chi connectivity index (χ4n) is 4.40. The number of rotatable bonds is 6. The zero-order valence-electron chi connectivity index (χ0n) is 22.3. The van der Waals surface area contributed by atoms with Crippen molar-refractivity contribution in [2.24, 2.45) is 5.41 Å². The maximum atomic E-state index is 13.6. The maximum Gasteiger partial charge on any atom is 0.420 e. The standard InChI is InChI=1S/C27H35F3N3O5/c1-25(2,3)38-24(34)32(18-10-12-26(4,5)13-11-18)16-17-6-8-19(9-7-17)37-23-15-21(31)22(33(35)36)14-20(23)27(28,29)30/h6-9,14-15,18,35H,10-13,16,31H2,1-5H3/q-1. The third kappa shape index (κ3) is 7.67. The van der Waals surface area contributed by atoms with Crippen LogP contribution in [0.3, 0.4) is 0 Å². The average Bonchev–Trinajstić information content (AvgIpc) is 2.76. The lowest BCUT2D eigenvalue weighted by Crippen LogP contribution is -2.45. The molecule has 0 aliphatic heterocycles. The van der Waals surface area contributed by atoms with Gasteiger partial charge in [-0.3, -0.25) is 5.21 Å². The molecule has 0 atom stereocenters. The Morgan fingerprint density at radius 1 is 1.13 bits per heavy atom. The summed E-state index contributed by atoms with van der Waals surface area (Å²) in [5, 5.41) is 19.5. The predicted molar refractivity (Wildman–Crippen MR) is 138 cm³/mol. The number of amides is 1. The van der Waals surface area contributed by atoms with E-state index in [1.165, 1.54) is 12.1 Å². The van der Waals surface area contributed by atoms with Crippen LogP contribution in [-0.4, -0.2) is 27.8 Å². The molecule has 0 heterocycles. The fraction of sp³-hybridized carbons (Fsp3) is 0.519. The van der Waals surface area contributed by atoms with Crippen molar-refractivity contribution in [1.29, 1.82) is 0 Å². The second-order valence-corrected chi connectivity index (χ2v) is 11.4. The van der Waals surface area contributed by atoms with Gasteiger partial charge in [-0.15, -0.1) is 0 Å². The Bertz CT molecular complexity index is 1120. The minimum absolute atomic E-state index is 0.0109. The van der Waals surface area contributed by atoms with E-state index in [0.717, 1.165) is 37.3 Å². The first-order chi connectivity index (χ1) is 17.4. The van der Waals surface area contributed by atoms with Crippen molar-refractivity contribution in [3.8, 4) is 11.5 Å². The van der Waals surface area contributed by atoms with Gasteiger partial charge in [-0.05, 0) is 75.6 Å². The van der Waals surface area contributed by atoms with Gasteiger partial charge in [-0.2, -0.15) is 13.2 Å². The number of carbonyl (C=O) groups excluding carboxylic acids is 1. The van der Waals surface area contributed by atoms with Gasteiger partial charge in [0.1, 0.15) is 22.7 Å². The van der Waals surface area contributed by atoms with Gasteiger partial charge in [0.25, 0.3) is 0 Å². The van der Waals surface area contributed by atoms with Crippen LogP contribution >= 0.6 is 0 Å². The number of carbonyl (C=O) groups is 1. The van der Waals surface area contributed by atoms with Crippen LogP contribution in [0.5, 0.6) is 11.5 Å². The number of ether oxygens (including phenoxy) is 2. The number of nitrogens with two attached hydrogens (primary N) is 1. The normalized spacial score (nSPS) is 16.2. The largest absolute Gasteiger partial charge is 0.733 e. The second kappa shape index (κ2) is 10.9. The zero-order chi connectivity index (χ0) is 28.5. The quantitative estimate of drug-likeness (QED) is 0.290. The molecule has 11 heteroatoms. The van der Waals surface area contributed by atoms with E-state index in [1.807, 2.05) is 20.8 Å². The summed E-state index contributed by atoms with van der Waals surface area (Å²) in [7, 11) is 0. The number of nitrogen functional groups attached to an aromatic ring is 1. The van der Waals surface area contributed by atoms with Crippen LogP contribution < -0.4 is 15.7 Å². The van der Waals surface area contributed by atoms with Crippen LogP contribution in [0.15, 0.2) is 36.4 Å². The van der Waals surface area contributed by atoms with Crippen molar-refractivity contribution in [2.45, 2.75) is 84.7 Å². The molecule has 0 bridgehead atoms. The van der Waals surface area contributed by atoms with E-state index in [4.69, 9.17) is 20.4 Å². The van der Waals surface area contributed by atoms with Crippen molar-refractivity contribution in [1.82, 2.24) is 4.90 Å².